The van der Waals surface area contributed by atoms with Crippen LogP contribution in [0.1, 0.15) is 5.56 Å². The first-order chi connectivity index (χ1) is 10.9. The Balaban J connectivity index is 0.000000174. The summed E-state index contributed by atoms with van der Waals surface area (Å²) in [6, 6.07) is 12.8. The Morgan fingerprint density at radius 2 is 1.78 bits per heavy atom. The second-order valence-electron chi connectivity index (χ2n) is 4.83. The third kappa shape index (κ3) is 4.10. The number of nitrogens with one attached hydrogen (secondary N) is 1. The Kier molecular flexibility index (Phi) is 5.02. The molecule has 0 unspecified atom stereocenters. The average Bonchev–Trinajstić information content (AvgIpc) is 2.52. The van der Waals surface area contributed by atoms with Gasteiger partial charge in [-0.15, -0.1) is 0 Å². The van der Waals surface area contributed by atoms with Crippen LogP contribution in [0, 0.1) is 5.41 Å². The summed E-state index contributed by atoms with van der Waals surface area (Å²) in [5.74, 6) is 0.429. The molecular formula is C16H17BrN6. The molecule has 0 aliphatic carbocycles. The molecule has 3 rings (SSSR count). The number of hydrogen-bond donors (Lipinski definition) is 5. The number of amidine groups is 1. The Morgan fingerprint density at radius 3 is 2.39 bits per heavy atom. The maximum atomic E-state index is 7.05. The summed E-state index contributed by atoms with van der Waals surface area (Å²) in [6.07, 6.45) is 1.72. The quantitative estimate of drug-likeness (QED) is 0.253. The van der Waals surface area contributed by atoms with E-state index in [0.717, 1.165) is 15.2 Å². The molecule has 2 aromatic carbocycles. The highest BCUT2D eigenvalue weighted by Crippen LogP contribution is 2.27. The van der Waals surface area contributed by atoms with E-state index in [0.29, 0.717) is 22.8 Å². The highest BCUT2D eigenvalue weighted by Gasteiger charge is 2.02. The fourth-order valence-corrected chi connectivity index (χ4v) is 2.29. The number of halogens is 1. The summed E-state index contributed by atoms with van der Waals surface area (Å²) in [5.41, 5.74) is 23.9. The third-order valence-electron chi connectivity index (χ3n) is 3.12. The van der Waals surface area contributed by atoms with Gasteiger partial charge in [0, 0.05) is 32.7 Å². The van der Waals surface area contributed by atoms with Crippen molar-refractivity contribution in [1.82, 2.24) is 4.98 Å². The fourth-order valence-electron chi connectivity index (χ4n) is 1.93. The molecule has 1 heterocycles. The van der Waals surface area contributed by atoms with Crippen molar-refractivity contribution in [3.8, 4) is 0 Å². The van der Waals surface area contributed by atoms with Gasteiger partial charge in [0.25, 0.3) is 0 Å². The van der Waals surface area contributed by atoms with Crippen molar-refractivity contribution < 1.29 is 0 Å². The molecule has 1 aromatic heterocycles. The number of nitrogens with two attached hydrogens (primary N) is 4. The van der Waals surface area contributed by atoms with E-state index in [9.17, 15) is 0 Å². The Hall–Kier alpha value is -2.80. The van der Waals surface area contributed by atoms with Crippen LogP contribution < -0.4 is 22.9 Å². The molecule has 3 aromatic rings. The molecule has 23 heavy (non-hydrogen) atoms. The standard InChI is InChI=1S/C9H8BrN3.C7H9N3/c10-6-2-1-5-4-13-9(12)8(11)7(5)3-6;8-6-3-1-2-5(4-6)7(9)10/h1-4H,11H2,(H2,12,13);1-4H,8H2,(H3,9,10). The first-order valence-electron chi connectivity index (χ1n) is 6.67. The molecule has 0 saturated carbocycles. The van der Waals surface area contributed by atoms with Crippen molar-refractivity contribution in [3.63, 3.8) is 0 Å². The molecule has 0 bridgehead atoms. The summed E-state index contributed by atoms with van der Waals surface area (Å²) in [5, 5.41) is 8.98. The smallest absolute Gasteiger partial charge is 0.147 e. The molecule has 0 fully saturated rings. The van der Waals surface area contributed by atoms with Crippen molar-refractivity contribution in [2.24, 2.45) is 5.73 Å². The van der Waals surface area contributed by atoms with Gasteiger partial charge in [-0.25, -0.2) is 4.98 Å². The highest BCUT2D eigenvalue weighted by molar-refractivity contribution is 9.10. The van der Waals surface area contributed by atoms with Gasteiger partial charge in [0.2, 0.25) is 0 Å². The fraction of sp³-hybridized carbons (Fsp3) is 0. The molecule has 0 saturated heterocycles. The summed E-state index contributed by atoms with van der Waals surface area (Å²) >= 11 is 3.37. The van der Waals surface area contributed by atoms with Gasteiger partial charge in [-0.3, -0.25) is 5.41 Å². The number of fused-ring (bicyclic) bond motifs is 1. The summed E-state index contributed by atoms with van der Waals surface area (Å²) in [4.78, 5) is 3.97. The lowest BCUT2D eigenvalue weighted by Gasteiger charge is -2.04. The van der Waals surface area contributed by atoms with Gasteiger partial charge in [0.15, 0.2) is 0 Å². The zero-order chi connectivity index (χ0) is 17.0. The number of pyridine rings is 1. The lowest BCUT2D eigenvalue weighted by atomic mass is 10.1. The Labute approximate surface area is 142 Å². The van der Waals surface area contributed by atoms with Crippen LogP contribution in [0.25, 0.3) is 10.8 Å². The number of anilines is 3. The van der Waals surface area contributed by atoms with Crippen molar-refractivity contribution in [2.45, 2.75) is 0 Å². The number of hydrogen-bond acceptors (Lipinski definition) is 5. The number of benzene rings is 2. The Bertz CT molecular complexity index is 857. The topological polar surface area (TPSA) is 141 Å². The van der Waals surface area contributed by atoms with Crippen molar-refractivity contribution in [2.75, 3.05) is 17.2 Å². The molecule has 0 amide bonds. The third-order valence-corrected chi connectivity index (χ3v) is 3.62. The van der Waals surface area contributed by atoms with Gasteiger partial charge < -0.3 is 22.9 Å². The van der Waals surface area contributed by atoms with Gasteiger partial charge in [0.1, 0.15) is 11.7 Å². The van der Waals surface area contributed by atoms with E-state index in [-0.39, 0.29) is 5.84 Å². The minimum Gasteiger partial charge on any atom is -0.399 e. The molecule has 0 radical (unpaired) electrons. The number of rotatable bonds is 1. The van der Waals surface area contributed by atoms with Gasteiger partial charge >= 0.3 is 0 Å². The second kappa shape index (κ2) is 6.97. The maximum Gasteiger partial charge on any atom is 0.147 e. The molecule has 7 heteroatoms. The summed E-state index contributed by atoms with van der Waals surface area (Å²) in [7, 11) is 0. The van der Waals surface area contributed by atoms with E-state index in [4.69, 9.17) is 28.3 Å². The first kappa shape index (κ1) is 16.6. The second-order valence-corrected chi connectivity index (χ2v) is 5.74. The molecule has 118 valence electrons. The number of aromatic nitrogens is 1. The van der Waals surface area contributed by atoms with Crippen LogP contribution in [-0.2, 0) is 0 Å². The maximum absolute atomic E-state index is 7.05. The van der Waals surface area contributed by atoms with Gasteiger partial charge in [-0.2, -0.15) is 0 Å². The molecule has 0 aliphatic rings. The van der Waals surface area contributed by atoms with Crippen molar-refractivity contribution >= 4 is 49.7 Å². The normalized spacial score (nSPS) is 9.96. The number of nitrogens with zero attached hydrogens (tertiary/aromatic N) is 1. The largest absolute Gasteiger partial charge is 0.399 e. The van der Waals surface area contributed by atoms with E-state index < -0.39 is 0 Å². The van der Waals surface area contributed by atoms with Crippen LogP contribution in [0.2, 0.25) is 0 Å². The predicted octanol–water partition coefficient (Wildman–Crippen LogP) is 2.71. The molecule has 9 N–H and O–H groups in total. The summed E-state index contributed by atoms with van der Waals surface area (Å²) in [6.45, 7) is 0. The van der Waals surface area contributed by atoms with E-state index in [1.54, 1.807) is 30.5 Å². The van der Waals surface area contributed by atoms with Crippen molar-refractivity contribution in [3.05, 3.63) is 58.7 Å². The van der Waals surface area contributed by atoms with Crippen molar-refractivity contribution in [1.29, 1.82) is 5.41 Å². The van der Waals surface area contributed by atoms with Crippen LogP contribution in [0.4, 0.5) is 17.2 Å². The van der Waals surface area contributed by atoms with Crippen LogP contribution >= 0.6 is 15.9 Å². The van der Waals surface area contributed by atoms with Gasteiger partial charge in [0.05, 0.1) is 5.69 Å². The molecule has 0 aliphatic heterocycles. The highest BCUT2D eigenvalue weighted by atomic mass is 79.9. The van der Waals surface area contributed by atoms with E-state index >= 15 is 0 Å². The number of nitrogen functional groups attached to an aromatic ring is 4. The predicted molar refractivity (Wildman–Crippen MR) is 100 cm³/mol. The van der Waals surface area contributed by atoms with Gasteiger partial charge in [-0.1, -0.05) is 34.1 Å². The van der Waals surface area contributed by atoms with Gasteiger partial charge in [-0.05, 0) is 24.3 Å². The zero-order valence-corrected chi connectivity index (χ0v) is 13.8. The van der Waals surface area contributed by atoms with E-state index in [1.165, 1.54) is 0 Å². The lowest BCUT2D eigenvalue weighted by Crippen LogP contribution is -2.10. The minimum absolute atomic E-state index is 0.0484. The van der Waals surface area contributed by atoms with Crippen LogP contribution in [0.3, 0.4) is 0 Å². The zero-order valence-electron chi connectivity index (χ0n) is 12.3. The minimum atomic E-state index is 0.0484. The molecule has 0 atom stereocenters. The van der Waals surface area contributed by atoms with Crippen LogP contribution in [-0.4, -0.2) is 10.8 Å². The molecular weight excluding hydrogens is 356 g/mol. The SMILES string of the molecule is N=C(N)c1cccc(N)c1.Nc1ncc2ccc(Br)cc2c1N. The first-order valence-corrected chi connectivity index (χ1v) is 7.47. The molecule has 6 nitrogen and oxygen atoms in total. The van der Waals surface area contributed by atoms with E-state index in [1.807, 2.05) is 18.2 Å². The monoisotopic (exact) mass is 372 g/mol. The van der Waals surface area contributed by atoms with Crippen LogP contribution in [0.5, 0.6) is 0 Å². The van der Waals surface area contributed by atoms with E-state index in [2.05, 4.69) is 20.9 Å². The van der Waals surface area contributed by atoms with Crippen LogP contribution in [0.15, 0.2) is 53.1 Å². The Morgan fingerprint density at radius 1 is 1.04 bits per heavy atom. The lowest BCUT2D eigenvalue weighted by molar-refractivity contribution is 1.37. The average molecular weight is 373 g/mol. The summed E-state index contributed by atoms with van der Waals surface area (Å²) < 4.78 is 0.984. The molecule has 0 spiro atoms.